The average molecular weight is 336 g/mol. The number of hydrogen-bond acceptors (Lipinski definition) is 4. The number of nitrogens with two attached hydrogens (primary N) is 1. The molecule has 0 unspecified atom stereocenters. The Kier molecular flexibility index (Phi) is 4.24. The SMILES string of the molecule is COc1cc(C(=O)Nc2ncc(Br)cc2C)ccc1N. The first-order valence-corrected chi connectivity index (χ1v) is 6.67. The molecule has 0 saturated carbocycles. The van der Waals surface area contributed by atoms with Gasteiger partial charge in [-0.3, -0.25) is 4.79 Å². The summed E-state index contributed by atoms with van der Waals surface area (Å²) in [6.45, 7) is 1.87. The number of rotatable bonds is 3. The molecule has 0 radical (unpaired) electrons. The Hall–Kier alpha value is -2.08. The molecule has 2 aromatic rings. The van der Waals surface area contributed by atoms with Crippen molar-refractivity contribution in [3.05, 3.63) is 46.1 Å². The van der Waals surface area contributed by atoms with E-state index in [1.54, 1.807) is 24.4 Å². The molecule has 0 spiro atoms. The van der Waals surface area contributed by atoms with Crippen LogP contribution in [0.25, 0.3) is 0 Å². The molecule has 1 heterocycles. The minimum Gasteiger partial charge on any atom is -0.495 e. The highest BCUT2D eigenvalue weighted by atomic mass is 79.9. The van der Waals surface area contributed by atoms with Crippen molar-refractivity contribution >= 4 is 33.3 Å². The number of carbonyl (C=O) groups excluding carboxylic acids is 1. The predicted molar refractivity (Wildman–Crippen MR) is 82.0 cm³/mol. The van der Waals surface area contributed by atoms with Gasteiger partial charge in [-0.1, -0.05) is 0 Å². The Morgan fingerprint density at radius 1 is 1.40 bits per heavy atom. The van der Waals surface area contributed by atoms with Gasteiger partial charge in [0.1, 0.15) is 11.6 Å². The fourth-order valence-corrected chi connectivity index (χ4v) is 2.15. The molecule has 0 fully saturated rings. The Balaban J connectivity index is 2.24. The molecule has 6 heteroatoms. The highest BCUT2D eigenvalue weighted by Gasteiger charge is 2.11. The van der Waals surface area contributed by atoms with Gasteiger partial charge in [0.2, 0.25) is 0 Å². The van der Waals surface area contributed by atoms with Crippen molar-refractivity contribution in [1.82, 2.24) is 4.98 Å². The molecule has 104 valence electrons. The largest absolute Gasteiger partial charge is 0.495 e. The van der Waals surface area contributed by atoms with Crippen molar-refractivity contribution < 1.29 is 9.53 Å². The van der Waals surface area contributed by atoms with Crippen LogP contribution in [-0.2, 0) is 0 Å². The number of aryl methyl sites for hydroxylation is 1. The molecule has 0 atom stereocenters. The Labute approximate surface area is 125 Å². The highest BCUT2D eigenvalue weighted by Crippen LogP contribution is 2.23. The topological polar surface area (TPSA) is 77.2 Å². The maximum Gasteiger partial charge on any atom is 0.256 e. The number of benzene rings is 1. The van der Waals surface area contributed by atoms with E-state index in [1.807, 2.05) is 13.0 Å². The lowest BCUT2D eigenvalue weighted by molar-refractivity contribution is 0.102. The van der Waals surface area contributed by atoms with Gasteiger partial charge < -0.3 is 15.8 Å². The molecule has 1 aromatic heterocycles. The second kappa shape index (κ2) is 5.92. The third kappa shape index (κ3) is 3.08. The summed E-state index contributed by atoms with van der Waals surface area (Å²) in [5.74, 6) is 0.730. The first-order valence-electron chi connectivity index (χ1n) is 5.88. The van der Waals surface area contributed by atoms with Gasteiger partial charge in [0.05, 0.1) is 12.8 Å². The molecule has 1 aromatic carbocycles. The van der Waals surface area contributed by atoms with Crippen molar-refractivity contribution in [3.63, 3.8) is 0 Å². The molecule has 0 aliphatic heterocycles. The van der Waals surface area contributed by atoms with Crippen molar-refractivity contribution in [1.29, 1.82) is 0 Å². The molecule has 5 nitrogen and oxygen atoms in total. The summed E-state index contributed by atoms with van der Waals surface area (Å²) < 4.78 is 5.96. The molecule has 0 bridgehead atoms. The Morgan fingerprint density at radius 3 is 2.80 bits per heavy atom. The summed E-state index contributed by atoms with van der Waals surface area (Å²) in [6.07, 6.45) is 1.63. The maximum atomic E-state index is 12.2. The molecular formula is C14H14BrN3O2. The van der Waals surface area contributed by atoms with E-state index in [9.17, 15) is 4.79 Å². The van der Waals surface area contributed by atoms with Gasteiger partial charge >= 0.3 is 0 Å². The summed E-state index contributed by atoms with van der Waals surface area (Å²) in [5.41, 5.74) is 7.54. The lowest BCUT2D eigenvalue weighted by atomic mass is 10.1. The molecule has 3 N–H and O–H groups in total. The van der Waals surface area contributed by atoms with Gasteiger partial charge in [0, 0.05) is 16.2 Å². The quantitative estimate of drug-likeness (QED) is 0.845. The van der Waals surface area contributed by atoms with E-state index in [4.69, 9.17) is 10.5 Å². The summed E-state index contributed by atoms with van der Waals surface area (Å²) in [4.78, 5) is 16.3. The van der Waals surface area contributed by atoms with Crippen LogP contribution in [0.3, 0.4) is 0 Å². The third-order valence-corrected chi connectivity index (χ3v) is 3.21. The molecule has 0 saturated heterocycles. The predicted octanol–water partition coefficient (Wildman–Crippen LogP) is 3.00. The van der Waals surface area contributed by atoms with E-state index in [0.717, 1.165) is 10.0 Å². The van der Waals surface area contributed by atoms with Crippen molar-refractivity contribution in [2.75, 3.05) is 18.2 Å². The van der Waals surface area contributed by atoms with E-state index in [2.05, 4.69) is 26.2 Å². The number of nitrogens with one attached hydrogen (secondary N) is 1. The number of nitrogen functional groups attached to an aromatic ring is 1. The van der Waals surface area contributed by atoms with Gasteiger partial charge in [-0.15, -0.1) is 0 Å². The van der Waals surface area contributed by atoms with Crippen LogP contribution < -0.4 is 15.8 Å². The van der Waals surface area contributed by atoms with Crippen LogP contribution in [-0.4, -0.2) is 18.0 Å². The number of nitrogens with zero attached hydrogens (tertiary/aromatic N) is 1. The first kappa shape index (κ1) is 14.3. The van der Waals surface area contributed by atoms with Gasteiger partial charge in [0.15, 0.2) is 0 Å². The molecule has 0 aliphatic rings. The van der Waals surface area contributed by atoms with E-state index >= 15 is 0 Å². The number of carbonyl (C=O) groups is 1. The van der Waals surface area contributed by atoms with Crippen LogP contribution in [0, 0.1) is 6.92 Å². The number of methoxy groups -OCH3 is 1. The smallest absolute Gasteiger partial charge is 0.256 e. The summed E-state index contributed by atoms with van der Waals surface area (Å²) in [5, 5.41) is 2.76. The molecule has 1 amide bonds. The fraction of sp³-hybridized carbons (Fsp3) is 0.143. The molecular weight excluding hydrogens is 322 g/mol. The van der Waals surface area contributed by atoms with Gasteiger partial charge in [-0.2, -0.15) is 0 Å². The van der Waals surface area contributed by atoms with Crippen molar-refractivity contribution in [3.8, 4) is 5.75 Å². The highest BCUT2D eigenvalue weighted by molar-refractivity contribution is 9.10. The average Bonchev–Trinajstić information content (AvgIpc) is 2.42. The van der Waals surface area contributed by atoms with E-state index < -0.39 is 0 Å². The van der Waals surface area contributed by atoms with Crippen LogP contribution in [0.5, 0.6) is 5.75 Å². The van der Waals surface area contributed by atoms with Crippen LogP contribution >= 0.6 is 15.9 Å². The number of ether oxygens (including phenoxy) is 1. The monoisotopic (exact) mass is 335 g/mol. The van der Waals surface area contributed by atoms with E-state index in [1.165, 1.54) is 7.11 Å². The summed E-state index contributed by atoms with van der Waals surface area (Å²) in [7, 11) is 1.51. The van der Waals surface area contributed by atoms with Crippen molar-refractivity contribution in [2.45, 2.75) is 6.92 Å². The zero-order chi connectivity index (χ0) is 14.7. The second-order valence-corrected chi connectivity index (χ2v) is 5.15. The molecule has 0 aliphatic carbocycles. The third-order valence-electron chi connectivity index (χ3n) is 2.77. The van der Waals surface area contributed by atoms with Crippen LogP contribution in [0.2, 0.25) is 0 Å². The summed E-state index contributed by atoms with van der Waals surface area (Å²) >= 11 is 3.33. The van der Waals surface area contributed by atoms with Gasteiger partial charge in [0.25, 0.3) is 5.91 Å². The van der Waals surface area contributed by atoms with Crippen LogP contribution in [0.4, 0.5) is 11.5 Å². The molecule has 20 heavy (non-hydrogen) atoms. The minimum atomic E-state index is -0.263. The molecule has 2 rings (SSSR count). The minimum absolute atomic E-state index is 0.263. The standard InChI is InChI=1S/C14H14BrN3O2/c1-8-5-10(15)7-17-13(8)18-14(19)9-3-4-11(16)12(6-9)20-2/h3-7H,16H2,1-2H3,(H,17,18,19). The number of pyridine rings is 1. The Morgan fingerprint density at radius 2 is 2.15 bits per heavy atom. The van der Waals surface area contributed by atoms with Gasteiger partial charge in [-0.05, 0) is 52.7 Å². The zero-order valence-electron chi connectivity index (χ0n) is 11.1. The fourth-order valence-electron chi connectivity index (χ4n) is 1.70. The lowest BCUT2D eigenvalue weighted by Gasteiger charge is -2.09. The number of anilines is 2. The normalized spacial score (nSPS) is 10.2. The number of amides is 1. The van der Waals surface area contributed by atoms with Gasteiger partial charge in [-0.25, -0.2) is 4.98 Å². The van der Waals surface area contributed by atoms with Crippen LogP contribution in [0.15, 0.2) is 34.9 Å². The lowest BCUT2D eigenvalue weighted by Crippen LogP contribution is -2.14. The zero-order valence-corrected chi connectivity index (χ0v) is 12.7. The number of aromatic nitrogens is 1. The first-order chi connectivity index (χ1) is 9.51. The maximum absolute atomic E-state index is 12.2. The van der Waals surface area contributed by atoms with Crippen LogP contribution in [0.1, 0.15) is 15.9 Å². The number of hydrogen-bond donors (Lipinski definition) is 2. The number of halogens is 1. The summed E-state index contributed by atoms with van der Waals surface area (Å²) in [6, 6.07) is 6.75. The van der Waals surface area contributed by atoms with E-state index in [0.29, 0.717) is 22.8 Å². The van der Waals surface area contributed by atoms with E-state index in [-0.39, 0.29) is 5.91 Å². The van der Waals surface area contributed by atoms with Crippen molar-refractivity contribution in [2.24, 2.45) is 0 Å². The Bertz CT molecular complexity index is 659. The second-order valence-electron chi connectivity index (χ2n) is 4.23.